The maximum atomic E-state index is 11.3. The van der Waals surface area contributed by atoms with Crippen LogP contribution in [0.1, 0.15) is 96.8 Å². The lowest BCUT2D eigenvalue weighted by molar-refractivity contribution is -0.159. The number of halogens is 1. The molecule has 0 aliphatic rings. The normalized spacial score (nSPS) is 13.7. The topological polar surface area (TPSA) is 66.8 Å². The average molecular weight is 365 g/mol. The van der Waals surface area contributed by atoms with Crippen LogP contribution in [0.15, 0.2) is 0 Å². The molecule has 0 aromatic carbocycles. The summed E-state index contributed by atoms with van der Waals surface area (Å²) in [5, 5.41) is 15.7. The van der Waals surface area contributed by atoms with Gasteiger partial charge in [0.25, 0.3) is 5.06 Å². The van der Waals surface area contributed by atoms with Crippen molar-refractivity contribution in [3.8, 4) is 0 Å². The number of hydrogen-bond donors (Lipinski definition) is 2. The molecule has 24 heavy (non-hydrogen) atoms. The van der Waals surface area contributed by atoms with E-state index in [1.165, 1.54) is 70.6 Å². The number of alkyl halides is 1. The third-order valence-corrected chi connectivity index (χ3v) is 4.53. The van der Waals surface area contributed by atoms with Crippen LogP contribution in [0, 0.1) is 0 Å². The van der Waals surface area contributed by atoms with Crippen LogP contribution in [-0.4, -0.2) is 34.5 Å². The molecule has 0 saturated heterocycles. The lowest BCUT2D eigenvalue weighted by Crippen LogP contribution is -2.38. The molecule has 0 rings (SSSR count). The maximum absolute atomic E-state index is 11.3. The van der Waals surface area contributed by atoms with E-state index < -0.39 is 17.6 Å². The number of esters is 1. The highest BCUT2D eigenvalue weighted by molar-refractivity contribution is 6.32. The summed E-state index contributed by atoms with van der Waals surface area (Å²) >= 11 is 5.37. The van der Waals surface area contributed by atoms with E-state index >= 15 is 0 Å². The molecule has 0 fully saturated rings. The molecule has 4 nitrogen and oxygen atoms in total. The first-order chi connectivity index (χ1) is 11.5. The summed E-state index contributed by atoms with van der Waals surface area (Å²) in [5.74, 6) is -0.971. The lowest BCUT2D eigenvalue weighted by Gasteiger charge is -2.15. The van der Waals surface area contributed by atoms with Crippen LogP contribution >= 0.6 is 11.6 Å². The lowest BCUT2D eigenvalue weighted by atomic mass is 10.0. The predicted octanol–water partition coefficient (Wildman–Crippen LogP) is 4.93. The second-order valence-electron chi connectivity index (χ2n) is 6.65. The zero-order chi connectivity index (χ0) is 18.1. The van der Waals surface area contributed by atoms with Gasteiger partial charge in [0.15, 0.2) is 0 Å². The molecule has 1 unspecified atom stereocenters. The van der Waals surface area contributed by atoms with Crippen molar-refractivity contribution in [1.29, 1.82) is 0 Å². The van der Waals surface area contributed by atoms with Crippen molar-refractivity contribution in [3.05, 3.63) is 0 Å². The van der Waals surface area contributed by atoms with Crippen LogP contribution in [0.5, 0.6) is 0 Å². The minimum atomic E-state index is -2.30. The number of carbonyl (C=O) groups excluding carboxylic acids is 1. The largest absolute Gasteiger partial charge is 0.463 e. The highest BCUT2D eigenvalue weighted by Crippen LogP contribution is 2.14. The molecule has 0 amide bonds. The molecule has 1 atom stereocenters. The Morgan fingerprint density at radius 1 is 0.833 bits per heavy atom. The third-order valence-electron chi connectivity index (χ3n) is 4.25. The molecule has 0 bridgehead atoms. The van der Waals surface area contributed by atoms with E-state index in [1.54, 1.807) is 0 Å². The fraction of sp³-hybridized carbons (Fsp3) is 0.947. The quantitative estimate of drug-likeness (QED) is 0.218. The van der Waals surface area contributed by atoms with E-state index in [-0.39, 0.29) is 6.61 Å². The number of unbranched alkanes of at least 4 members (excludes halogenated alkanes) is 13. The Bertz CT molecular complexity index is 295. The Balaban J connectivity index is 3.19. The van der Waals surface area contributed by atoms with Crippen LogP contribution in [0.2, 0.25) is 0 Å². The van der Waals surface area contributed by atoms with Crippen LogP contribution < -0.4 is 0 Å². The van der Waals surface area contributed by atoms with Crippen molar-refractivity contribution in [3.63, 3.8) is 0 Å². The summed E-state index contributed by atoms with van der Waals surface area (Å²) in [6.07, 6.45) is 17.7. The standard InChI is InChI=1S/C19H37ClO4/c1-2-3-4-5-6-7-8-9-10-11-12-13-14-15-16-24-18(22)19(20,23)17-21/h21,23H,2-17H2,1H3. The van der Waals surface area contributed by atoms with Gasteiger partial charge in [0, 0.05) is 0 Å². The van der Waals surface area contributed by atoms with Gasteiger partial charge in [-0.1, -0.05) is 102 Å². The van der Waals surface area contributed by atoms with Gasteiger partial charge in [0.2, 0.25) is 0 Å². The second-order valence-corrected chi connectivity index (χ2v) is 7.27. The summed E-state index contributed by atoms with van der Waals surface area (Å²) in [6, 6.07) is 0. The number of ether oxygens (including phenoxy) is 1. The van der Waals surface area contributed by atoms with Crippen LogP contribution in [0.4, 0.5) is 0 Å². The Morgan fingerprint density at radius 2 is 1.21 bits per heavy atom. The summed E-state index contributed by atoms with van der Waals surface area (Å²) in [7, 11) is 0. The molecule has 2 N–H and O–H groups in total. The Hall–Kier alpha value is -0.320. The summed E-state index contributed by atoms with van der Waals surface area (Å²) < 4.78 is 4.82. The van der Waals surface area contributed by atoms with Gasteiger partial charge in [-0.05, 0) is 6.42 Å². The number of carbonyl (C=O) groups is 1. The van der Waals surface area contributed by atoms with E-state index in [4.69, 9.17) is 21.4 Å². The summed E-state index contributed by atoms with van der Waals surface area (Å²) in [5.41, 5.74) is 0. The van der Waals surface area contributed by atoms with Gasteiger partial charge < -0.3 is 14.9 Å². The maximum Gasteiger partial charge on any atom is 0.356 e. The first-order valence-electron chi connectivity index (χ1n) is 9.74. The number of aliphatic hydroxyl groups excluding tert-OH is 1. The Labute approximate surface area is 152 Å². The molecular formula is C19H37ClO4. The van der Waals surface area contributed by atoms with E-state index in [0.717, 1.165) is 19.3 Å². The van der Waals surface area contributed by atoms with E-state index in [0.29, 0.717) is 0 Å². The molecule has 0 aliphatic carbocycles. The minimum Gasteiger partial charge on any atom is -0.463 e. The van der Waals surface area contributed by atoms with Crippen molar-refractivity contribution < 1.29 is 19.7 Å². The van der Waals surface area contributed by atoms with Crippen LogP contribution in [0.25, 0.3) is 0 Å². The van der Waals surface area contributed by atoms with Gasteiger partial charge in [0.05, 0.1) is 13.2 Å². The zero-order valence-corrected chi connectivity index (χ0v) is 16.2. The minimum absolute atomic E-state index is 0.242. The highest BCUT2D eigenvalue weighted by atomic mass is 35.5. The van der Waals surface area contributed by atoms with Crippen LogP contribution in [-0.2, 0) is 9.53 Å². The number of aliphatic hydroxyl groups is 2. The molecule has 0 aromatic rings. The van der Waals surface area contributed by atoms with Gasteiger partial charge in [0.1, 0.15) is 0 Å². The molecule has 0 aliphatic heterocycles. The average Bonchev–Trinajstić information content (AvgIpc) is 2.58. The fourth-order valence-electron chi connectivity index (χ4n) is 2.64. The van der Waals surface area contributed by atoms with Gasteiger partial charge in [-0.2, -0.15) is 0 Å². The summed E-state index contributed by atoms with van der Waals surface area (Å²) in [4.78, 5) is 11.3. The van der Waals surface area contributed by atoms with E-state index in [9.17, 15) is 9.90 Å². The monoisotopic (exact) mass is 364 g/mol. The van der Waals surface area contributed by atoms with Gasteiger partial charge >= 0.3 is 5.97 Å². The molecule has 0 radical (unpaired) electrons. The molecule has 0 saturated carbocycles. The third kappa shape index (κ3) is 14.1. The van der Waals surface area contributed by atoms with Gasteiger partial charge in [-0.3, -0.25) is 0 Å². The molecule has 0 spiro atoms. The second kappa shape index (κ2) is 16.2. The SMILES string of the molecule is CCCCCCCCCCCCCCCCOC(=O)C(O)(Cl)CO. The predicted molar refractivity (Wildman–Crippen MR) is 99.2 cm³/mol. The molecule has 0 aromatic heterocycles. The van der Waals surface area contributed by atoms with E-state index in [2.05, 4.69) is 6.92 Å². The summed E-state index contributed by atoms with van der Waals surface area (Å²) in [6.45, 7) is 1.65. The van der Waals surface area contributed by atoms with Gasteiger partial charge in [-0.15, -0.1) is 0 Å². The van der Waals surface area contributed by atoms with Crippen molar-refractivity contribution in [2.75, 3.05) is 13.2 Å². The molecule has 5 heteroatoms. The first-order valence-corrected chi connectivity index (χ1v) is 10.1. The van der Waals surface area contributed by atoms with Crippen LogP contribution in [0.3, 0.4) is 0 Å². The smallest absolute Gasteiger partial charge is 0.356 e. The zero-order valence-electron chi connectivity index (χ0n) is 15.4. The number of rotatable bonds is 17. The van der Waals surface area contributed by atoms with Crippen molar-refractivity contribution in [2.45, 2.75) is 102 Å². The van der Waals surface area contributed by atoms with Crippen molar-refractivity contribution >= 4 is 17.6 Å². The molecular weight excluding hydrogens is 328 g/mol. The van der Waals surface area contributed by atoms with E-state index in [1.807, 2.05) is 0 Å². The van der Waals surface area contributed by atoms with Gasteiger partial charge in [-0.25, -0.2) is 4.79 Å². The molecule has 0 heterocycles. The molecule has 144 valence electrons. The number of hydrogen-bond acceptors (Lipinski definition) is 4. The Kier molecular flexibility index (Phi) is 15.9. The van der Waals surface area contributed by atoms with Crippen molar-refractivity contribution in [1.82, 2.24) is 0 Å². The highest BCUT2D eigenvalue weighted by Gasteiger charge is 2.34. The first kappa shape index (κ1) is 23.7. The fourth-order valence-corrected chi connectivity index (χ4v) is 2.69. The Morgan fingerprint density at radius 3 is 1.58 bits per heavy atom. The van der Waals surface area contributed by atoms with Crippen molar-refractivity contribution in [2.24, 2.45) is 0 Å².